The molecule has 0 aliphatic carbocycles. The van der Waals surface area contributed by atoms with Crippen LogP contribution in [0.25, 0.3) is 0 Å². The third-order valence-corrected chi connectivity index (χ3v) is 4.17. The summed E-state index contributed by atoms with van der Waals surface area (Å²) in [6.07, 6.45) is 0. The second-order valence-electron chi connectivity index (χ2n) is 5.01. The first-order valence-corrected chi connectivity index (χ1v) is 7.44. The van der Waals surface area contributed by atoms with Crippen molar-refractivity contribution >= 4 is 29.3 Å². The summed E-state index contributed by atoms with van der Waals surface area (Å²) in [5.41, 5.74) is -3.51. The number of fused-ring (bicyclic) bond motifs is 1. The largest absolute Gasteiger partial charge is 0.446 e. The van der Waals surface area contributed by atoms with E-state index in [9.17, 15) is 22.8 Å². The summed E-state index contributed by atoms with van der Waals surface area (Å²) in [6, 6.07) is 10.4. The third kappa shape index (κ3) is 2.84. The Kier molecular flexibility index (Phi) is 3.68. The average Bonchev–Trinajstić information content (AvgIpc) is 2.72. The minimum Gasteiger partial charge on any atom is -0.268 e. The van der Waals surface area contributed by atoms with Crippen LogP contribution in [0.1, 0.15) is 26.3 Å². The van der Waals surface area contributed by atoms with E-state index < -0.39 is 17.3 Å². The van der Waals surface area contributed by atoms with E-state index >= 15 is 0 Å². The number of benzene rings is 2. The minimum absolute atomic E-state index is 0.0430. The van der Waals surface area contributed by atoms with Gasteiger partial charge in [-0.2, -0.15) is 13.2 Å². The van der Waals surface area contributed by atoms with E-state index in [-0.39, 0.29) is 33.5 Å². The molecule has 1 heterocycles. The lowest BCUT2D eigenvalue weighted by Gasteiger charge is -2.19. The van der Waals surface area contributed by atoms with Crippen molar-refractivity contribution in [1.29, 1.82) is 0 Å². The Bertz CT molecular complexity index is 782. The SMILES string of the molecule is Cc1ccc(SC(F)(F)F)c(N2C(=O)c3ccccc3C2=O)c1. The van der Waals surface area contributed by atoms with Crippen LogP contribution in [-0.2, 0) is 0 Å². The Balaban J connectivity index is 2.11. The highest BCUT2D eigenvalue weighted by atomic mass is 32.2. The molecule has 0 radical (unpaired) electrons. The minimum atomic E-state index is -4.51. The maximum Gasteiger partial charge on any atom is 0.446 e. The van der Waals surface area contributed by atoms with E-state index in [4.69, 9.17) is 0 Å². The Morgan fingerprint density at radius 2 is 1.52 bits per heavy atom. The zero-order chi connectivity index (χ0) is 16.8. The molecule has 2 aromatic carbocycles. The lowest BCUT2D eigenvalue weighted by Crippen LogP contribution is -2.30. The summed E-state index contributed by atoms with van der Waals surface area (Å²) in [4.78, 5) is 25.5. The molecule has 3 nitrogen and oxygen atoms in total. The molecule has 0 atom stereocenters. The fourth-order valence-corrected chi connectivity index (χ4v) is 3.06. The summed E-state index contributed by atoms with van der Waals surface area (Å²) in [6.45, 7) is 1.68. The number of amides is 2. The molecule has 3 rings (SSSR count). The van der Waals surface area contributed by atoms with Gasteiger partial charge < -0.3 is 0 Å². The van der Waals surface area contributed by atoms with Crippen molar-refractivity contribution in [3.63, 3.8) is 0 Å². The van der Waals surface area contributed by atoms with Gasteiger partial charge in [0.25, 0.3) is 11.8 Å². The van der Waals surface area contributed by atoms with E-state index in [2.05, 4.69) is 0 Å². The number of hydrogen-bond acceptors (Lipinski definition) is 3. The molecule has 2 amide bonds. The number of thioether (sulfide) groups is 1. The Hall–Kier alpha value is -2.28. The van der Waals surface area contributed by atoms with Gasteiger partial charge in [0.1, 0.15) is 0 Å². The van der Waals surface area contributed by atoms with Gasteiger partial charge >= 0.3 is 5.51 Å². The first-order chi connectivity index (χ1) is 10.8. The molecule has 1 aliphatic rings. The second kappa shape index (κ2) is 5.42. The Labute approximate surface area is 134 Å². The number of alkyl halides is 3. The van der Waals surface area contributed by atoms with Gasteiger partial charge in [0.05, 0.1) is 16.8 Å². The standard InChI is InChI=1S/C16H10F3NO2S/c1-9-6-7-13(23-16(17,18)19)12(8-9)20-14(21)10-4-2-3-5-11(10)15(20)22/h2-8H,1H3. The predicted octanol–water partition coefficient (Wildman–Crippen LogP) is 4.41. The fraction of sp³-hybridized carbons (Fsp3) is 0.125. The highest BCUT2D eigenvalue weighted by Gasteiger charge is 2.39. The van der Waals surface area contributed by atoms with Gasteiger partial charge in [-0.1, -0.05) is 18.2 Å². The Morgan fingerprint density at radius 3 is 2.04 bits per heavy atom. The van der Waals surface area contributed by atoms with Crippen LogP contribution in [0.5, 0.6) is 0 Å². The van der Waals surface area contributed by atoms with Gasteiger partial charge in [-0.05, 0) is 48.5 Å². The lowest BCUT2D eigenvalue weighted by atomic mass is 10.1. The molecule has 0 unspecified atom stereocenters. The molecule has 1 aliphatic heterocycles. The Morgan fingerprint density at radius 1 is 0.957 bits per heavy atom. The highest BCUT2D eigenvalue weighted by Crippen LogP contribution is 2.43. The quantitative estimate of drug-likeness (QED) is 0.602. The normalized spacial score (nSPS) is 14.3. The van der Waals surface area contributed by atoms with Crippen molar-refractivity contribution in [1.82, 2.24) is 0 Å². The molecule has 23 heavy (non-hydrogen) atoms. The number of aryl methyl sites for hydroxylation is 1. The van der Waals surface area contributed by atoms with Crippen molar-refractivity contribution in [2.45, 2.75) is 17.3 Å². The first-order valence-electron chi connectivity index (χ1n) is 6.62. The van der Waals surface area contributed by atoms with Crippen LogP contribution in [0.15, 0.2) is 47.4 Å². The number of imide groups is 1. The predicted molar refractivity (Wildman–Crippen MR) is 80.7 cm³/mol. The first kappa shape index (κ1) is 15.6. The fourth-order valence-electron chi connectivity index (χ4n) is 2.42. The number of nitrogens with zero attached hydrogens (tertiary/aromatic N) is 1. The summed E-state index contributed by atoms with van der Waals surface area (Å²) >= 11 is -0.340. The maximum absolute atomic E-state index is 12.7. The van der Waals surface area contributed by atoms with E-state index in [1.54, 1.807) is 19.1 Å². The van der Waals surface area contributed by atoms with Crippen molar-refractivity contribution in [2.75, 3.05) is 4.90 Å². The van der Waals surface area contributed by atoms with Gasteiger partial charge in [-0.3, -0.25) is 9.59 Å². The van der Waals surface area contributed by atoms with Crippen LogP contribution in [0.4, 0.5) is 18.9 Å². The monoisotopic (exact) mass is 337 g/mol. The third-order valence-electron chi connectivity index (χ3n) is 3.38. The molecule has 0 fully saturated rings. The summed E-state index contributed by atoms with van der Waals surface area (Å²) in [7, 11) is 0. The van der Waals surface area contributed by atoms with Crippen LogP contribution < -0.4 is 4.90 Å². The van der Waals surface area contributed by atoms with E-state index in [0.717, 1.165) is 4.90 Å². The molecule has 7 heteroatoms. The van der Waals surface area contributed by atoms with Crippen LogP contribution in [0.2, 0.25) is 0 Å². The van der Waals surface area contributed by atoms with Crippen molar-refractivity contribution in [3.8, 4) is 0 Å². The molecule has 2 aromatic rings. The number of anilines is 1. The molecule has 0 aromatic heterocycles. The van der Waals surface area contributed by atoms with E-state index in [1.807, 2.05) is 0 Å². The van der Waals surface area contributed by atoms with Gasteiger partial charge in [0, 0.05) is 4.90 Å². The zero-order valence-corrected chi connectivity index (χ0v) is 12.7. The van der Waals surface area contributed by atoms with Crippen LogP contribution in [0, 0.1) is 6.92 Å². The maximum atomic E-state index is 12.7. The molecular formula is C16H10F3NO2S. The zero-order valence-electron chi connectivity index (χ0n) is 11.8. The molecule has 0 N–H and O–H groups in total. The molecule has 0 bridgehead atoms. The van der Waals surface area contributed by atoms with E-state index in [0.29, 0.717) is 5.56 Å². The van der Waals surface area contributed by atoms with Gasteiger partial charge in [0.15, 0.2) is 0 Å². The average molecular weight is 337 g/mol. The van der Waals surface area contributed by atoms with Crippen LogP contribution >= 0.6 is 11.8 Å². The van der Waals surface area contributed by atoms with Gasteiger partial charge in [-0.25, -0.2) is 4.90 Å². The summed E-state index contributed by atoms with van der Waals surface area (Å²) in [5.74, 6) is -1.22. The van der Waals surface area contributed by atoms with Crippen molar-refractivity contribution in [2.24, 2.45) is 0 Å². The molecule has 0 spiro atoms. The van der Waals surface area contributed by atoms with Crippen LogP contribution in [0.3, 0.4) is 0 Å². The molecule has 0 saturated heterocycles. The topological polar surface area (TPSA) is 37.4 Å². The number of halogens is 3. The van der Waals surface area contributed by atoms with E-state index in [1.165, 1.54) is 30.3 Å². The van der Waals surface area contributed by atoms with Gasteiger partial charge in [0.2, 0.25) is 0 Å². The number of carbonyl (C=O) groups is 2. The summed E-state index contributed by atoms with van der Waals surface area (Å²) in [5, 5.41) is 0. The molecular weight excluding hydrogens is 327 g/mol. The number of hydrogen-bond donors (Lipinski definition) is 0. The lowest BCUT2D eigenvalue weighted by molar-refractivity contribution is -0.0328. The smallest absolute Gasteiger partial charge is 0.268 e. The summed E-state index contributed by atoms with van der Waals surface area (Å²) < 4.78 is 38.2. The number of rotatable bonds is 2. The van der Waals surface area contributed by atoms with Crippen molar-refractivity contribution in [3.05, 3.63) is 59.2 Å². The second-order valence-corrected chi connectivity index (χ2v) is 6.12. The number of carbonyl (C=O) groups excluding carboxylic acids is 2. The highest BCUT2D eigenvalue weighted by molar-refractivity contribution is 8.00. The molecule has 0 saturated carbocycles. The van der Waals surface area contributed by atoms with Crippen LogP contribution in [-0.4, -0.2) is 17.3 Å². The van der Waals surface area contributed by atoms with Crippen molar-refractivity contribution < 1.29 is 22.8 Å². The molecule has 118 valence electrons. The van der Waals surface area contributed by atoms with Gasteiger partial charge in [-0.15, -0.1) is 0 Å².